The molecule has 1 saturated heterocycles. The van der Waals surface area contributed by atoms with E-state index in [-0.39, 0.29) is 11.1 Å². The summed E-state index contributed by atoms with van der Waals surface area (Å²) in [6.45, 7) is 2.68. The Labute approximate surface area is 164 Å². The van der Waals surface area contributed by atoms with Gasteiger partial charge in [0.2, 0.25) is 0 Å². The molecule has 1 aromatic carbocycles. The van der Waals surface area contributed by atoms with Crippen LogP contribution in [0.1, 0.15) is 5.56 Å². The minimum absolute atomic E-state index is 0.0806. The first-order valence-electron chi connectivity index (χ1n) is 9.02. The molecule has 6 nitrogen and oxygen atoms in total. The monoisotopic (exact) mass is 395 g/mol. The van der Waals surface area contributed by atoms with Crippen LogP contribution in [0.4, 0.5) is 0 Å². The van der Waals surface area contributed by atoms with Gasteiger partial charge in [-0.05, 0) is 41.5 Å². The minimum Gasteiger partial charge on any atom is -0.488 e. The molecular formula is C21H21N3O3S. The Morgan fingerprint density at radius 3 is 2.39 bits per heavy atom. The maximum Gasteiger partial charge on any atom is 0.192 e. The quantitative estimate of drug-likeness (QED) is 0.639. The third-order valence-corrected chi connectivity index (χ3v) is 5.66. The molecule has 1 aliphatic rings. The van der Waals surface area contributed by atoms with Gasteiger partial charge in [-0.15, -0.1) is 0 Å². The van der Waals surface area contributed by atoms with Gasteiger partial charge in [0.25, 0.3) is 0 Å². The smallest absolute Gasteiger partial charge is 0.192 e. The summed E-state index contributed by atoms with van der Waals surface area (Å²) in [5.41, 5.74) is 3.04. The van der Waals surface area contributed by atoms with Crippen molar-refractivity contribution < 1.29 is 13.2 Å². The van der Waals surface area contributed by atoms with E-state index < -0.39 is 9.84 Å². The highest BCUT2D eigenvalue weighted by molar-refractivity contribution is 7.90. The number of pyridine rings is 2. The minimum atomic E-state index is -3.28. The molecule has 7 heteroatoms. The summed E-state index contributed by atoms with van der Waals surface area (Å²) < 4.78 is 29.0. The van der Waals surface area contributed by atoms with E-state index in [4.69, 9.17) is 4.74 Å². The average molecular weight is 395 g/mol. The van der Waals surface area contributed by atoms with E-state index in [1.165, 1.54) is 11.6 Å². The zero-order valence-corrected chi connectivity index (χ0v) is 16.3. The lowest BCUT2D eigenvalue weighted by atomic mass is 10.1. The van der Waals surface area contributed by atoms with Gasteiger partial charge < -0.3 is 4.74 Å². The molecule has 0 bridgehead atoms. The SMILES string of the molecule is CS(=O)(=O)c1ccc(-c2ccc(OC3CN(Cc4cccnc4)C3)cc2)cn1. The lowest BCUT2D eigenvalue weighted by molar-refractivity contribution is 0.0145. The number of sulfone groups is 1. The molecule has 2 aromatic heterocycles. The summed E-state index contributed by atoms with van der Waals surface area (Å²) in [6.07, 6.45) is 6.60. The average Bonchev–Trinajstić information content (AvgIpc) is 2.67. The number of ether oxygens (including phenoxy) is 1. The Bertz CT molecular complexity index is 1030. The fraction of sp³-hybridized carbons (Fsp3) is 0.238. The molecule has 3 heterocycles. The number of aromatic nitrogens is 2. The molecule has 0 amide bonds. The first-order chi connectivity index (χ1) is 13.5. The second kappa shape index (κ2) is 7.69. The van der Waals surface area contributed by atoms with Gasteiger partial charge in [0.05, 0.1) is 0 Å². The molecule has 0 atom stereocenters. The predicted molar refractivity (Wildman–Crippen MR) is 107 cm³/mol. The second-order valence-corrected chi connectivity index (χ2v) is 8.94. The number of hydrogen-bond acceptors (Lipinski definition) is 6. The molecule has 0 aliphatic carbocycles. The van der Waals surface area contributed by atoms with E-state index in [9.17, 15) is 8.42 Å². The number of hydrogen-bond donors (Lipinski definition) is 0. The van der Waals surface area contributed by atoms with Crippen LogP contribution in [0, 0.1) is 0 Å². The Kier molecular flexibility index (Phi) is 5.11. The first-order valence-corrected chi connectivity index (χ1v) is 10.9. The number of likely N-dealkylation sites (tertiary alicyclic amines) is 1. The molecule has 0 spiro atoms. The van der Waals surface area contributed by atoms with Crippen molar-refractivity contribution in [3.05, 3.63) is 72.7 Å². The van der Waals surface area contributed by atoms with Gasteiger partial charge in [0.1, 0.15) is 11.9 Å². The largest absolute Gasteiger partial charge is 0.488 e. The highest BCUT2D eigenvalue weighted by Gasteiger charge is 2.28. The van der Waals surface area contributed by atoms with E-state index in [1.54, 1.807) is 18.5 Å². The van der Waals surface area contributed by atoms with E-state index in [0.717, 1.165) is 42.8 Å². The summed E-state index contributed by atoms with van der Waals surface area (Å²) in [5.74, 6) is 0.829. The molecular weight excluding hydrogens is 374 g/mol. The van der Waals surface area contributed by atoms with Crippen molar-refractivity contribution >= 4 is 9.84 Å². The van der Waals surface area contributed by atoms with Crippen molar-refractivity contribution in [3.63, 3.8) is 0 Å². The summed E-state index contributed by atoms with van der Waals surface area (Å²) >= 11 is 0. The van der Waals surface area contributed by atoms with Crippen LogP contribution in [-0.2, 0) is 16.4 Å². The molecule has 144 valence electrons. The molecule has 3 aromatic rings. The van der Waals surface area contributed by atoms with Gasteiger partial charge in [-0.2, -0.15) is 0 Å². The van der Waals surface area contributed by atoms with Crippen LogP contribution in [0.25, 0.3) is 11.1 Å². The normalized spacial score (nSPS) is 15.2. The van der Waals surface area contributed by atoms with Crippen LogP contribution < -0.4 is 4.74 Å². The van der Waals surface area contributed by atoms with Crippen molar-refractivity contribution in [2.24, 2.45) is 0 Å². The lowest BCUT2D eigenvalue weighted by Crippen LogP contribution is -2.53. The molecule has 0 radical (unpaired) electrons. The van der Waals surface area contributed by atoms with Gasteiger partial charge in [0.15, 0.2) is 14.9 Å². The molecule has 1 aliphatic heterocycles. The molecule has 0 N–H and O–H groups in total. The van der Waals surface area contributed by atoms with E-state index in [1.807, 2.05) is 36.5 Å². The van der Waals surface area contributed by atoms with E-state index in [2.05, 4.69) is 20.9 Å². The van der Waals surface area contributed by atoms with E-state index >= 15 is 0 Å². The Balaban J connectivity index is 1.32. The lowest BCUT2D eigenvalue weighted by Gasteiger charge is -2.39. The van der Waals surface area contributed by atoms with Crippen molar-refractivity contribution in [3.8, 4) is 16.9 Å². The van der Waals surface area contributed by atoms with Crippen LogP contribution in [0.5, 0.6) is 5.75 Å². The highest BCUT2D eigenvalue weighted by atomic mass is 32.2. The van der Waals surface area contributed by atoms with E-state index in [0.29, 0.717) is 0 Å². The molecule has 0 unspecified atom stereocenters. The van der Waals surface area contributed by atoms with Crippen LogP contribution in [0.2, 0.25) is 0 Å². The Morgan fingerprint density at radius 1 is 1.04 bits per heavy atom. The van der Waals surface area contributed by atoms with Gasteiger partial charge >= 0.3 is 0 Å². The fourth-order valence-electron chi connectivity index (χ4n) is 3.16. The molecule has 28 heavy (non-hydrogen) atoms. The Morgan fingerprint density at radius 2 is 1.79 bits per heavy atom. The van der Waals surface area contributed by atoms with Crippen molar-refractivity contribution in [2.75, 3.05) is 19.3 Å². The molecule has 4 rings (SSSR count). The third kappa shape index (κ3) is 4.37. The van der Waals surface area contributed by atoms with Gasteiger partial charge in [0, 0.05) is 50.0 Å². The van der Waals surface area contributed by atoms with Crippen LogP contribution in [0.3, 0.4) is 0 Å². The zero-order valence-electron chi connectivity index (χ0n) is 15.5. The maximum atomic E-state index is 11.5. The molecule has 1 fully saturated rings. The zero-order chi connectivity index (χ0) is 19.6. The standard InChI is InChI=1S/C21H21N3O3S/c1-28(25,26)21-9-6-18(12-23-21)17-4-7-19(8-5-17)27-20-14-24(15-20)13-16-3-2-10-22-11-16/h2-12,20H,13-15H2,1H3. The van der Waals surface area contributed by atoms with Crippen LogP contribution in [0.15, 0.2) is 72.1 Å². The number of rotatable bonds is 6. The predicted octanol–water partition coefficient (Wildman–Crippen LogP) is 2.81. The second-order valence-electron chi connectivity index (χ2n) is 6.98. The van der Waals surface area contributed by atoms with Crippen molar-refractivity contribution in [1.29, 1.82) is 0 Å². The van der Waals surface area contributed by atoms with Crippen LogP contribution in [-0.4, -0.2) is 48.7 Å². The third-order valence-electron chi connectivity index (χ3n) is 4.66. The van der Waals surface area contributed by atoms with Crippen molar-refractivity contribution in [2.45, 2.75) is 17.7 Å². The van der Waals surface area contributed by atoms with Gasteiger partial charge in [-0.3, -0.25) is 9.88 Å². The highest BCUT2D eigenvalue weighted by Crippen LogP contribution is 2.25. The van der Waals surface area contributed by atoms with Crippen LogP contribution >= 0.6 is 0 Å². The summed E-state index contributed by atoms with van der Waals surface area (Å²) in [4.78, 5) is 10.5. The number of benzene rings is 1. The molecule has 0 saturated carbocycles. The number of nitrogens with zero attached hydrogens (tertiary/aromatic N) is 3. The summed E-state index contributed by atoms with van der Waals surface area (Å²) in [5, 5.41) is 0.0806. The topological polar surface area (TPSA) is 72.4 Å². The van der Waals surface area contributed by atoms with Gasteiger partial charge in [-0.1, -0.05) is 18.2 Å². The maximum absolute atomic E-state index is 11.5. The fourth-order valence-corrected chi connectivity index (χ4v) is 3.72. The van der Waals surface area contributed by atoms with Gasteiger partial charge in [-0.25, -0.2) is 13.4 Å². The summed E-state index contributed by atoms with van der Waals surface area (Å²) in [7, 11) is -3.28. The Hall–Kier alpha value is -2.77. The first kappa shape index (κ1) is 18.6. The summed E-state index contributed by atoms with van der Waals surface area (Å²) in [6, 6.07) is 15.1. The van der Waals surface area contributed by atoms with Crippen molar-refractivity contribution in [1.82, 2.24) is 14.9 Å².